The van der Waals surface area contributed by atoms with Crippen molar-refractivity contribution in [3.8, 4) is 0 Å². The Morgan fingerprint density at radius 2 is 1.59 bits per heavy atom. The van der Waals surface area contributed by atoms with Gasteiger partial charge in [0.15, 0.2) is 9.84 Å². The molecule has 0 aromatic rings. The first-order valence-electron chi connectivity index (χ1n) is 5.02. The lowest BCUT2D eigenvalue weighted by Crippen LogP contribution is -2.57. The predicted octanol–water partition coefficient (Wildman–Crippen LogP) is 0.0366. The summed E-state index contributed by atoms with van der Waals surface area (Å²) >= 11 is 0. The molecule has 0 atom stereocenters. The third-order valence-electron chi connectivity index (χ3n) is 2.94. The van der Waals surface area contributed by atoms with E-state index in [0.29, 0.717) is 0 Å². The zero-order valence-corrected chi connectivity index (χ0v) is 11.5. The molecule has 0 unspecified atom stereocenters. The van der Waals surface area contributed by atoms with Gasteiger partial charge in [0.05, 0.1) is 5.41 Å². The van der Waals surface area contributed by atoms with Gasteiger partial charge in [-0.25, -0.2) is 8.42 Å². The number of carboxylic acids is 1. The minimum atomic E-state index is -3.42. The minimum absolute atomic E-state index is 0.647. The molecule has 0 spiro atoms. The van der Waals surface area contributed by atoms with E-state index in [1.807, 2.05) is 0 Å². The van der Waals surface area contributed by atoms with Crippen LogP contribution in [0.25, 0.3) is 0 Å². The highest BCUT2D eigenvalue weighted by Crippen LogP contribution is 2.30. The Balaban J connectivity index is 4.89. The van der Waals surface area contributed by atoms with Crippen LogP contribution in [0.4, 0.5) is 0 Å². The van der Waals surface area contributed by atoms with Gasteiger partial charge >= 0.3 is 5.97 Å². The summed E-state index contributed by atoms with van der Waals surface area (Å²) in [6, 6.07) is 0. The van der Waals surface area contributed by atoms with E-state index < -0.39 is 38.4 Å². The van der Waals surface area contributed by atoms with Crippen molar-refractivity contribution in [3.63, 3.8) is 0 Å². The molecular formula is C10H19NO5S. The fraction of sp³-hybridized carbons (Fsp3) is 0.800. The maximum Gasteiger partial charge on any atom is 0.311 e. The van der Waals surface area contributed by atoms with E-state index >= 15 is 0 Å². The first-order chi connectivity index (χ1) is 7.29. The second-order valence-electron chi connectivity index (χ2n) is 5.17. The number of hydrogen-bond donors (Lipinski definition) is 2. The lowest BCUT2D eigenvalue weighted by molar-refractivity contribution is -0.151. The summed E-state index contributed by atoms with van der Waals surface area (Å²) in [6.45, 7) is 6.02. The van der Waals surface area contributed by atoms with Crippen LogP contribution >= 0.6 is 0 Å². The van der Waals surface area contributed by atoms with Crippen molar-refractivity contribution in [1.29, 1.82) is 0 Å². The number of sulfone groups is 1. The van der Waals surface area contributed by atoms with Crippen LogP contribution in [0.3, 0.4) is 0 Å². The predicted molar refractivity (Wildman–Crippen MR) is 63.3 cm³/mol. The number of amides is 1. The molecule has 1 amide bonds. The summed E-state index contributed by atoms with van der Waals surface area (Å²) in [5.41, 5.74) is -2.26. The monoisotopic (exact) mass is 265 g/mol. The van der Waals surface area contributed by atoms with Crippen LogP contribution in [0, 0.1) is 5.41 Å². The average molecular weight is 265 g/mol. The Bertz CT molecular complexity index is 422. The first-order valence-corrected chi connectivity index (χ1v) is 7.08. The van der Waals surface area contributed by atoms with Gasteiger partial charge in [0, 0.05) is 11.8 Å². The molecule has 0 rings (SSSR count). The minimum Gasteiger partial charge on any atom is -0.481 e. The average Bonchev–Trinajstić information content (AvgIpc) is 1.97. The molecule has 0 aliphatic carbocycles. The second kappa shape index (κ2) is 4.64. The lowest BCUT2D eigenvalue weighted by atomic mass is 9.74. The van der Waals surface area contributed by atoms with Gasteiger partial charge < -0.3 is 10.4 Å². The van der Waals surface area contributed by atoms with Crippen LogP contribution in [0.15, 0.2) is 0 Å². The van der Waals surface area contributed by atoms with Crippen molar-refractivity contribution in [2.45, 2.75) is 33.2 Å². The van der Waals surface area contributed by atoms with Gasteiger partial charge in [0.25, 0.3) is 0 Å². The molecule has 0 saturated heterocycles. The van der Waals surface area contributed by atoms with Gasteiger partial charge in [-0.15, -0.1) is 0 Å². The van der Waals surface area contributed by atoms with Crippen molar-refractivity contribution in [2.75, 3.05) is 12.0 Å². The van der Waals surface area contributed by atoms with Crippen molar-refractivity contribution in [2.24, 2.45) is 5.41 Å². The quantitative estimate of drug-likeness (QED) is 0.730. The molecule has 0 radical (unpaired) electrons. The summed E-state index contributed by atoms with van der Waals surface area (Å²) in [5, 5.41) is 11.5. The maximum absolute atomic E-state index is 11.5. The Kier molecular flexibility index (Phi) is 4.33. The smallest absolute Gasteiger partial charge is 0.311 e. The highest BCUT2D eigenvalue weighted by atomic mass is 32.2. The zero-order chi connectivity index (χ0) is 14.1. The number of hydrogen-bond acceptors (Lipinski definition) is 4. The molecule has 0 heterocycles. The number of carbonyl (C=O) groups is 2. The third-order valence-corrected chi connectivity index (χ3v) is 3.73. The molecular weight excluding hydrogens is 246 g/mol. The maximum atomic E-state index is 11.5. The first kappa shape index (κ1) is 15.9. The van der Waals surface area contributed by atoms with E-state index in [9.17, 15) is 18.0 Å². The Morgan fingerprint density at radius 1 is 1.18 bits per heavy atom. The van der Waals surface area contributed by atoms with Crippen LogP contribution in [0.1, 0.15) is 27.7 Å². The molecule has 0 aliphatic heterocycles. The molecule has 2 N–H and O–H groups in total. The largest absolute Gasteiger partial charge is 0.481 e. The van der Waals surface area contributed by atoms with Gasteiger partial charge in [0.1, 0.15) is 5.75 Å². The van der Waals surface area contributed by atoms with Crippen LogP contribution in [0.5, 0.6) is 0 Å². The molecule has 17 heavy (non-hydrogen) atoms. The van der Waals surface area contributed by atoms with Crippen LogP contribution in [0.2, 0.25) is 0 Å². The van der Waals surface area contributed by atoms with Crippen molar-refractivity contribution in [1.82, 2.24) is 5.32 Å². The number of rotatable bonds is 5. The van der Waals surface area contributed by atoms with E-state index in [2.05, 4.69) is 5.32 Å². The number of carboxylic acid groups (broad SMARTS) is 1. The van der Waals surface area contributed by atoms with Crippen molar-refractivity contribution in [3.05, 3.63) is 0 Å². The zero-order valence-electron chi connectivity index (χ0n) is 10.7. The van der Waals surface area contributed by atoms with E-state index in [1.165, 1.54) is 13.8 Å². The molecule has 0 aromatic carbocycles. The molecule has 0 aliphatic rings. The number of nitrogens with one attached hydrogen (secondary N) is 1. The second-order valence-corrected chi connectivity index (χ2v) is 7.31. The van der Waals surface area contributed by atoms with Gasteiger partial charge in [-0.1, -0.05) is 0 Å². The van der Waals surface area contributed by atoms with E-state index in [4.69, 9.17) is 5.11 Å². The molecule has 0 fully saturated rings. The topological polar surface area (TPSA) is 101 Å². The van der Waals surface area contributed by atoms with Gasteiger partial charge in [-0.2, -0.15) is 0 Å². The Hall–Kier alpha value is -1.11. The summed E-state index contributed by atoms with van der Waals surface area (Å²) in [6.07, 6.45) is 0.946. The van der Waals surface area contributed by atoms with Gasteiger partial charge in [-0.3, -0.25) is 9.59 Å². The Morgan fingerprint density at radius 3 is 1.88 bits per heavy atom. The molecule has 7 heteroatoms. The summed E-state index contributed by atoms with van der Waals surface area (Å²) in [7, 11) is -3.42. The molecule has 6 nitrogen and oxygen atoms in total. The fourth-order valence-electron chi connectivity index (χ4n) is 1.05. The van der Waals surface area contributed by atoms with E-state index in [1.54, 1.807) is 13.8 Å². The standard InChI is InChI=1S/C10H19NO5S/c1-9(2,8(13)14)10(3,4)11-7(12)6-17(5,15)16/h6H2,1-5H3,(H,11,12)(H,13,14). The van der Waals surface area contributed by atoms with Crippen LogP contribution in [-0.4, -0.2) is 42.9 Å². The fourth-order valence-corrected chi connectivity index (χ4v) is 1.59. The summed E-state index contributed by atoms with van der Waals surface area (Å²) < 4.78 is 21.9. The van der Waals surface area contributed by atoms with E-state index in [0.717, 1.165) is 6.26 Å². The third kappa shape index (κ3) is 4.33. The molecule has 0 aromatic heterocycles. The number of aliphatic carboxylic acids is 1. The SMILES string of the molecule is CC(C)(NC(=O)CS(C)(=O)=O)C(C)(C)C(=O)O. The van der Waals surface area contributed by atoms with Crippen molar-refractivity contribution < 1.29 is 23.1 Å². The normalized spacial score (nSPS) is 13.2. The molecule has 0 saturated carbocycles. The van der Waals surface area contributed by atoms with Gasteiger partial charge in [0.2, 0.25) is 5.91 Å². The van der Waals surface area contributed by atoms with Gasteiger partial charge in [-0.05, 0) is 27.7 Å². The molecule has 100 valence electrons. The van der Waals surface area contributed by atoms with Crippen LogP contribution in [-0.2, 0) is 19.4 Å². The lowest BCUT2D eigenvalue weighted by Gasteiger charge is -2.38. The summed E-state index contributed by atoms with van der Waals surface area (Å²) in [4.78, 5) is 22.5. The highest BCUT2D eigenvalue weighted by molar-refractivity contribution is 7.91. The Labute approximate surface area is 101 Å². The van der Waals surface area contributed by atoms with E-state index in [-0.39, 0.29) is 0 Å². The molecule has 0 bridgehead atoms. The summed E-state index contributed by atoms with van der Waals surface area (Å²) in [5.74, 6) is -2.42. The highest BCUT2D eigenvalue weighted by Gasteiger charge is 2.44. The number of carbonyl (C=O) groups excluding carboxylic acids is 1. The van der Waals surface area contributed by atoms with Crippen molar-refractivity contribution >= 4 is 21.7 Å². The van der Waals surface area contributed by atoms with Crippen LogP contribution < -0.4 is 5.32 Å².